The number of carbonyl (C=O) groups excluding carboxylic acids is 2. The maximum atomic E-state index is 12.3. The van der Waals surface area contributed by atoms with Gasteiger partial charge in [0.05, 0.1) is 10.6 Å². The molecule has 0 saturated carbocycles. The lowest BCUT2D eigenvalue weighted by atomic mass is 10.3. The van der Waals surface area contributed by atoms with E-state index in [0.29, 0.717) is 5.03 Å². The highest BCUT2D eigenvalue weighted by atomic mass is 32.2. The smallest absolute Gasteiger partial charge is 0.351 e. The molecule has 0 saturated heterocycles. The van der Waals surface area contributed by atoms with Crippen molar-refractivity contribution in [1.29, 1.82) is 0 Å². The molecule has 0 aliphatic rings. The van der Waals surface area contributed by atoms with Gasteiger partial charge in [0.2, 0.25) is 5.91 Å². The molecule has 5 nitrogen and oxygen atoms in total. The number of hydrogen-bond acceptors (Lipinski definition) is 4. The summed E-state index contributed by atoms with van der Waals surface area (Å²) >= 11 is 1.10. The number of thioether (sulfide) groups is 1. The predicted molar refractivity (Wildman–Crippen MR) is 62.3 cm³/mol. The fraction of sp³-hybridized carbons (Fsp3) is 0.300. The van der Waals surface area contributed by atoms with Crippen molar-refractivity contribution in [2.24, 2.45) is 5.73 Å². The fourth-order valence-electron chi connectivity index (χ4n) is 1.08. The van der Waals surface area contributed by atoms with Gasteiger partial charge in [-0.25, -0.2) is 9.78 Å². The van der Waals surface area contributed by atoms with E-state index in [9.17, 15) is 22.8 Å². The Hall–Kier alpha value is -1.77. The van der Waals surface area contributed by atoms with Crippen LogP contribution >= 0.6 is 11.8 Å². The van der Waals surface area contributed by atoms with Crippen LogP contribution in [0, 0.1) is 0 Å². The maximum Gasteiger partial charge on any atom is 0.417 e. The molecule has 0 unspecified atom stereocenters. The van der Waals surface area contributed by atoms with Gasteiger partial charge in [-0.3, -0.25) is 10.1 Å². The van der Waals surface area contributed by atoms with E-state index in [1.165, 1.54) is 6.07 Å². The summed E-state index contributed by atoms with van der Waals surface area (Å²) < 4.78 is 36.8. The predicted octanol–water partition coefficient (Wildman–Crippen LogP) is 1.78. The van der Waals surface area contributed by atoms with Gasteiger partial charge in [0.25, 0.3) is 0 Å². The summed E-state index contributed by atoms with van der Waals surface area (Å²) in [6.45, 7) is 0. The lowest BCUT2D eigenvalue weighted by molar-refractivity contribution is -0.137. The van der Waals surface area contributed by atoms with E-state index in [1.54, 1.807) is 0 Å². The van der Waals surface area contributed by atoms with Gasteiger partial charge in [-0.15, -0.1) is 11.8 Å². The van der Waals surface area contributed by atoms with Crippen LogP contribution in [0.1, 0.15) is 12.0 Å². The molecule has 1 aromatic rings. The monoisotopic (exact) mass is 293 g/mol. The third-order valence-corrected chi connectivity index (χ3v) is 2.85. The molecule has 0 atom stereocenters. The van der Waals surface area contributed by atoms with E-state index >= 15 is 0 Å². The molecule has 104 valence electrons. The number of alkyl halides is 3. The van der Waals surface area contributed by atoms with Crippen molar-refractivity contribution in [3.05, 3.63) is 23.9 Å². The van der Waals surface area contributed by atoms with E-state index in [1.807, 2.05) is 5.32 Å². The number of rotatable bonds is 4. The highest BCUT2D eigenvalue weighted by molar-refractivity contribution is 7.99. The number of carbonyl (C=O) groups is 2. The number of nitrogens with two attached hydrogens (primary N) is 1. The second kappa shape index (κ2) is 6.41. The molecule has 0 aliphatic heterocycles. The summed E-state index contributed by atoms with van der Waals surface area (Å²) in [5, 5.41) is 2.24. The van der Waals surface area contributed by atoms with E-state index in [0.717, 1.165) is 24.0 Å². The van der Waals surface area contributed by atoms with E-state index in [4.69, 9.17) is 5.73 Å². The third-order valence-electron chi connectivity index (χ3n) is 1.91. The van der Waals surface area contributed by atoms with E-state index in [2.05, 4.69) is 4.98 Å². The molecule has 3 N–H and O–H groups in total. The van der Waals surface area contributed by atoms with Crippen molar-refractivity contribution in [3.8, 4) is 0 Å². The SMILES string of the molecule is NC(=O)NC(=O)CCSc1ccc(C(F)(F)F)cn1. The molecule has 1 aromatic heterocycles. The third kappa shape index (κ3) is 5.60. The quantitative estimate of drug-likeness (QED) is 0.829. The zero-order valence-electron chi connectivity index (χ0n) is 9.53. The Morgan fingerprint density at radius 3 is 2.53 bits per heavy atom. The molecule has 0 radical (unpaired) electrons. The van der Waals surface area contributed by atoms with Crippen molar-refractivity contribution in [2.45, 2.75) is 17.6 Å². The van der Waals surface area contributed by atoms with Crippen molar-refractivity contribution in [1.82, 2.24) is 10.3 Å². The first-order valence-electron chi connectivity index (χ1n) is 5.04. The topological polar surface area (TPSA) is 85.1 Å². The van der Waals surface area contributed by atoms with E-state index < -0.39 is 23.7 Å². The number of amides is 3. The summed E-state index contributed by atoms with van der Waals surface area (Å²) in [7, 11) is 0. The van der Waals surface area contributed by atoms with Gasteiger partial charge in [0, 0.05) is 18.4 Å². The first-order chi connectivity index (χ1) is 8.79. The molecular formula is C10H10F3N3O2S. The van der Waals surface area contributed by atoms with Gasteiger partial charge in [-0.05, 0) is 12.1 Å². The number of nitrogens with one attached hydrogen (secondary N) is 1. The molecule has 0 spiro atoms. The van der Waals surface area contributed by atoms with Gasteiger partial charge in [0.1, 0.15) is 0 Å². The maximum absolute atomic E-state index is 12.3. The van der Waals surface area contributed by atoms with Crippen LogP contribution in [-0.4, -0.2) is 22.7 Å². The van der Waals surface area contributed by atoms with Crippen LogP contribution < -0.4 is 11.1 Å². The Kier molecular flexibility index (Phi) is 5.16. The fourth-order valence-corrected chi connectivity index (χ4v) is 1.87. The summed E-state index contributed by atoms with van der Waals surface area (Å²) in [5.41, 5.74) is 3.91. The average molecular weight is 293 g/mol. The molecule has 9 heteroatoms. The zero-order chi connectivity index (χ0) is 14.5. The van der Waals surface area contributed by atoms with Crippen molar-refractivity contribution in [3.63, 3.8) is 0 Å². The Bertz CT molecular complexity index is 462. The van der Waals surface area contributed by atoms with Crippen LogP contribution in [0.2, 0.25) is 0 Å². The Balaban J connectivity index is 2.42. The Morgan fingerprint density at radius 1 is 1.37 bits per heavy atom. The number of hydrogen-bond donors (Lipinski definition) is 2. The molecule has 0 aliphatic carbocycles. The molecule has 19 heavy (non-hydrogen) atoms. The van der Waals surface area contributed by atoms with E-state index in [-0.39, 0.29) is 12.2 Å². The van der Waals surface area contributed by atoms with Crippen LogP contribution in [-0.2, 0) is 11.0 Å². The highest BCUT2D eigenvalue weighted by Crippen LogP contribution is 2.29. The molecular weight excluding hydrogens is 283 g/mol. The number of primary amides is 1. The number of pyridine rings is 1. The van der Waals surface area contributed by atoms with Crippen LogP contribution in [0.3, 0.4) is 0 Å². The number of halogens is 3. The second-order valence-electron chi connectivity index (χ2n) is 3.39. The van der Waals surface area contributed by atoms with Crippen LogP contribution in [0.15, 0.2) is 23.4 Å². The first kappa shape index (κ1) is 15.3. The first-order valence-corrected chi connectivity index (χ1v) is 6.03. The zero-order valence-corrected chi connectivity index (χ0v) is 10.3. The van der Waals surface area contributed by atoms with Crippen LogP contribution in [0.5, 0.6) is 0 Å². The lowest BCUT2D eigenvalue weighted by Gasteiger charge is -2.06. The largest absolute Gasteiger partial charge is 0.417 e. The molecule has 0 bridgehead atoms. The normalized spacial score (nSPS) is 11.1. The highest BCUT2D eigenvalue weighted by Gasteiger charge is 2.30. The summed E-state index contributed by atoms with van der Waals surface area (Å²) in [6.07, 6.45) is -3.68. The minimum atomic E-state index is -4.42. The molecule has 3 amide bonds. The van der Waals surface area contributed by atoms with Gasteiger partial charge in [0.15, 0.2) is 0 Å². The van der Waals surface area contributed by atoms with Gasteiger partial charge in [-0.1, -0.05) is 0 Å². The molecule has 1 rings (SSSR count). The van der Waals surface area contributed by atoms with Crippen LogP contribution in [0.25, 0.3) is 0 Å². The van der Waals surface area contributed by atoms with Gasteiger partial charge >= 0.3 is 12.2 Å². The average Bonchev–Trinajstić information content (AvgIpc) is 2.27. The molecule has 0 fully saturated rings. The minimum absolute atomic E-state index is 0.0102. The van der Waals surface area contributed by atoms with Gasteiger partial charge in [-0.2, -0.15) is 13.2 Å². The molecule has 1 heterocycles. The molecule has 0 aromatic carbocycles. The van der Waals surface area contributed by atoms with Crippen molar-refractivity contribution >= 4 is 23.7 Å². The number of nitrogens with zero attached hydrogens (tertiary/aromatic N) is 1. The summed E-state index contributed by atoms with van der Waals surface area (Å²) in [5.74, 6) is -0.274. The second-order valence-corrected chi connectivity index (χ2v) is 4.51. The standard InChI is InChI=1S/C10H10F3N3O2S/c11-10(12,13)6-1-2-8(15-5-6)19-4-3-7(17)16-9(14)18/h1-2,5H,3-4H2,(H3,14,16,17,18). The van der Waals surface area contributed by atoms with Gasteiger partial charge < -0.3 is 5.73 Å². The van der Waals surface area contributed by atoms with Crippen molar-refractivity contribution in [2.75, 3.05) is 5.75 Å². The van der Waals surface area contributed by atoms with Crippen molar-refractivity contribution < 1.29 is 22.8 Å². The lowest BCUT2D eigenvalue weighted by Crippen LogP contribution is -2.35. The summed E-state index contributed by atoms with van der Waals surface area (Å²) in [6, 6.07) is 1.20. The Morgan fingerprint density at radius 2 is 2.05 bits per heavy atom. The number of aromatic nitrogens is 1. The Labute approximate surface area is 110 Å². The number of imide groups is 1. The van der Waals surface area contributed by atoms with Crippen LogP contribution in [0.4, 0.5) is 18.0 Å². The minimum Gasteiger partial charge on any atom is -0.351 e. The number of urea groups is 1. The summed E-state index contributed by atoms with van der Waals surface area (Å²) in [4.78, 5) is 25.0.